The first-order valence-corrected chi connectivity index (χ1v) is 6.54. The average Bonchev–Trinajstić information content (AvgIpc) is 2.92. The second kappa shape index (κ2) is 5.01. The Morgan fingerprint density at radius 2 is 1.80 bits per heavy atom. The fourth-order valence-corrected chi connectivity index (χ4v) is 2.46. The number of hydrogen-bond acceptors (Lipinski definition) is 5. The first kappa shape index (κ1) is 12.7. The van der Waals surface area contributed by atoms with Crippen LogP contribution in [-0.4, -0.2) is 20.2 Å². The second-order valence-corrected chi connectivity index (χ2v) is 5.01. The molecule has 0 atom stereocenters. The van der Waals surface area contributed by atoms with Crippen LogP contribution in [0.4, 0.5) is 8.78 Å². The lowest BCUT2D eigenvalue weighted by molar-refractivity contribution is 0.509. The molecule has 0 aliphatic rings. The Kier molecular flexibility index (Phi) is 3.19. The third kappa shape index (κ3) is 2.39. The number of aromatic nitrogens is 4. The standard InChI is InChI=1S/C13H8F2N4S/c1-7-16-5-4-11(17-7)13-19-18-12(20-13)8-2-3-9(14)10(15)6-8/h2-6H,1H3. The molecule has 0 amide bonds. The third-order valence-electron chi connectivity index (χ3n) is 2.59. The Labute approximate surface area is 117 Å². The number of aryl methyl sites for hydroxylation is 1. The molecule has 3 rings (SSSR count). The van der Waals surface area contributed by atoms with E-state index in [2.05, 4.69) is 20.2 Å². The number of rotatable bonds is 2. The Morgan fingerprint density at radius 3 is 2.55 bits per heavy atom. The molecule has 0 saturated carbocycles. The van der Waals surface area contributed by atoms with Crippen molar-refractivity contribution in [3.8, 4) is 21.3 Å². The van der Waals surface area contributed by atoms with E-state index in [9.17, 15) is 8.78 Å². The summed E-state index contributed by atoms with van der Waals surface area (Å²) in [4.78, 5) is 8.25. The Morgan fingerprint density at radius 1 is 1.00 bits per heavy atom. The van der Waals surface area contributed by atoms with E-state index in [0.717, 1.165) is 12.1 Å². The van der Waals surface area contributed by atoms with Gasteiger partial charge < -0.3 is 0 Å². The summed E-state index contributed by atoms with van der Waals surface area (Å²) in [7, 11) is 0. The van der Waals surface area contributed by atoms with Gasteiger partial charge in [0.1, 0.15) is 16.5 Å². The molecule has 0 aliphatic carbocycles. The van der Waals surface area contributed by atoms with Crippen molar-refractivity contribution < 1.29 is 8.78 Å². The summed E-state index contributed by atoms with van der Waals surface area (Å²) in [5, 5.41) is 9.12. The van der Waals surface area contributed by atoms with Gasteiger partial charge in [-0.1, -0.05) is 11.3 Å². The molecular formula is C13H8F2N4S. The lowest BCUT2D eigenvalue weighted by Crippen LogP contribution is -1.88. The first-order valence-electron chi connectivity index (χ1n) is 5.72. The van der Waals surface area contributed by atoms with Crippen molar-refractivity contribution in [1.82, 2.24) is 20.2 Å². The maximum atomic E-state index is 13.2. The molecule has 0 saturated heterocycles. The highest BCUT2D eigenvalue weighted by atomic mass is 32.1. The molecule has 0 fully saturated rings. The fourth-order valence-electron chi connectivity index (χ4n) is 1.65. The number of benzene rings is 1. The normalized spacial score (nSPS) is 10.8. The minimum Gasteiger partial charge on any atom is -0.242 e. The highest BCUT2D eigenvalue weighted by Gasteiger charge is 2.12. The van der Waals surface area contributed by atoms with Crippen LogP contribution in [0.5, 0.6) is 0 Å². The van der Waals surface area contributed by atoms with Gasteiger partial charge in [-0.25, -0.2) is 18.7 Å². The second-order valence-electron chi connectivity index (χ2n) is 4.03. The van der Waals surface area contributed by atoms with Crippen LogP contribution in [0.15, 0.2) is 30.5 Å². The summed E-state index contributed by atoms with van der Waals surface area (Å²) in [6.45, 7) is 1.78. The van der Waals surface area contributed by atoms with Crippen molar-refractivity contribution in [2.45, 2.75) is 6.92 Å². The van der Waals surface area contributed by atoms with E-state index in [1.165, 1.54) is 17.4 Å². The SMILES string of the molecule is Cc1nccc(-c2nnc(-c3ccc(F)c(F)c3)s2)n1. The molecule has 7 heteroatoms. The van der Waals surface area contributed by atoms with Crippen molar-refractivity contribution in [3.05, 3.63) is 47.9 Å². The van der Waals surface area contributed by atoms with Crippen LogP contribution in [0.25, 0.3) is 21.3 Å². The molecule has 2 aromatic heterocycles. The molecular weight excluding hydrogens is 282 g/mol. The van der Waals surface area contributed by atoms with Crippen LogP contribution in [0.3, 0.4) is 0 Å². The zero-order valence-electron chi connectivity index (χ0n) is 10.3. The van der Waals surface area contributed by atoms with Gasteiger partial charge in [0.2, 0.25) is 0 Å². The monoisotopic (exact) mass is 290 g/mol. The van der Waals surface area contributed by atoms with Gasteiger partial charge in [0, 0.05) is 11.8 Å². The number of nitrogens with zero attached hydrogens (tertiary/aromatic N) is 4. The molecule has 0 unspecified atom stereocenters. The number of hydrogen-bond donors (Lipinski definition) is 0. The van der Waals surface area contributed by atoms with E-state index in [4.69, 9.17) is 0 Å². The molecule has 100 valence electrons. The molecule has 0 aliphatic heterocycles. The Balaban J connectivity index is 1.99. The molecule has 2 heterocycles. The van der Waals surface area contributed by atoms with Crippen molar-refractivity contribution in [2.24, 2.45) is 0 Å². The van der Waals surface area contributed by atoms with Crippen LogP contribution in [-0.2, 0) is 0 Å². The summed E-state index contributed by atoms with van der Waals surface area (Å²) in [6.07, 6.45) is 1.64. The minimum atomic E-state index is -0.905. The van der Waals surface area contributed by atoms with Gasteiger partial charge in [-0.05, 0) is 31.2 Å². The van der Waals surface area contributed by atoms with Crippen LogP contribution in [0.1, 0.15) is 5.82 Å². The highest BCUT2D eigenvalue weighted by Crippen LogP contribution is 2.29. The summed E-state index contributed by atoms with van der Waals surface area (Å²) < 4.78 is 26.1. The van der Waals surface area contributed by atoms with E-state index >= 15 is 0 Å². The smallest absolute Gasteiger partial charge is 0.166 e. The summed E-state index contributed by atoms with van der Waals surface area (Å²) in [6, 6.07) is 5.36. The quantitative estimate of drug-likeness (QED) is 0.727. The highest BCUT2D eigenvalue weighted by molar-refractivity contribution is 7.17. The van der Waals surface area contributed by atoms with Gasteiger partial charge in [0.15, 0.2) is 16.6 Å². The van der Waals surface area contributed by atoms with Crippen LogP contribution in [0.2, 0.25) is 0 Å². The summed E-state index contributed by atoms with van der Waals surface area (Å²) in [5.74, 6) is -1.16. The van der Waals surface area contributed by atoms with Gasteiger partial charge in [0.05, 0.1) is 0 Å². The lowest BCUT2D eigenvalue weighted by atomic mass is 10.2. The van der Waals surface area contributed by atoms with Crippen molar-refractivity contribution in [2.75, 3.05) is 0 Å². The molecule has 4 nitrogen and oxygen atoms in total. The largest absolute Gasteiger partial charge is 0.242 e. The summed E-state index contributed by atoms with van der Waals surface area (Å²) in [5.41, 5.74) is 1.14. The van der Waals surface area contributed by atoms with Crippen LogP contribution < -0.4 is 0 Å². The lowest BCUT2D eigenvalue weighted by Gasteiger charge is -1.96. The molecule has 0 spiro atoms. The van der Waals surface area contributed by atoms with E-state index in [1.54, 1.807) is 19.2 Å². The van der Waals surface area contributed by atoms with Crippen molar-refractivity contribution in [1.29, 1.82) is 0 Å². The Bertz CT molecular complexity index is 773. The van der Waals surface area contributed by atoms with Gasteiger partial charge in [-0.15, -0.1) is 10.2 Å². The van der Waals surface area contributed by atoms with E-state index in [0.29, 0.717) is 27.1 Å². The van der Waals surface area contributed by atoms with E-state index < -0.39 is 11.6 Å². The zero-order chi connectivity index (χ0) is 14.1. The van der Waals surface area contributed by atoms with Gasteiger partial charge in [-0.3, -0.25) is 0 Å². The van der Waals surface area contributed by atoms with E-state index in [1.807, 2.05) is 0 Å². The summed E-state index contributed by atoms with van der Waals surface area (Å²) >= 11 is 1.26. The van der Waals surface area contributed by atoms with Crippen molar-refractivity contribution in [3.63, 3.8) is 0 Å². The predicted molar refractivity (Wildman–Crippen MR) is 71.0 cm³/mol. The fraction of sp³-hybridized carbons (Fsp3) is 0.0769. The molecule has 0 radical (unpaired) electrons. The average molecular weight is 290 g/mol. The zero-order valence-corrected chi connectivity index (χ0v) is 11.2. The van der Waals surface area contributed by atoms with Crippen LogP contribution >= 0.6 is 11.3 Å². The number of halogens is 2. The topological polar surface area (TPSA) is 51.6 Å². The van der Waals surface area contributed by atoms with Gasteiger partial charge in [-0.2, -0.15) is 0 Å². The minimum absolute atomic E-state index is 0.485. The maximum absolute atomic E-state index is 13.2. The molecule has 1 aromatic carbocycles. The van der Waals surface area contributed by atoms with E-state index in [-0.39, 0.29) is 0 Å². The molecule has 0 bridgehead atoms. The van der Waals surface area contributed by atoms with Crippen LogP contribution in [0, 0.1) is 18.6 Å². The molecule has 0 N–H and O–H groups in total. The predicted octanol–water partition coefficient (Wildman–Crippen LogP) is 3.25. The first-order chi connectivity index (χ1) is 9.63. The maximum Gasteiger partial charge on any atom is 0.166 e. The molecule has 3 aromatic rings. The third-order valence-corrected chi connectivity index (χ3v) is 3.58. The van der Waals surface area contributed by atoms with Gasteiger partial charge in [0.25, 0.3) is 0 Å². The van der Waals surface area contributed by atoms with Crippen molar-refractivity contribution >= 4 is 11.3 Å². The molecule has 20 heavy (non-hydrogen) atoms. The Hall–Kier alpha value is -2.28. The van der Waals surface area contributed by atoms with Gasteiger partial charge >= 0.3 is 0 Å².